The number of unbranched alkanes of at least 4 members (excludes halogenated alkanes) is 14. The summed E-state index contributed by atoms with van der Waals surface area (Å²) < 4.78 is 4.01. The van der Waals surface area contributed by atoms with E-state index in [0.29, 0.717) is 32.6 Å². The van der Waals surface area contributed by atoms with Crippen molar-refractivity contribution in [3.63, 3.8) is 0 Å². The second-order valence-electron chi connectivity index (χ2n) is 11.0. The molecule has 4 N–H and O–H groups in total. The van der Waals surface area contributed by atoms with Crippen molar-refractivity contribution < 1.29 is 0 Å². The largest absolute Gasteiger partial charge is 0.368 e. The Bertz CT molecular complexity index is 1490. The third-order valence-electron chi connectivity index (χ3n) is 7.52. The van der Waals surface area contributed by atoms with E-state index in [1.165, 1.54) is 64.2 Å². The van der Waals surface area contributed by atoms with E-state index in [2.05, 4.69) is 53.6 Å². The molecular weight excluding hydrogens is 595 g/mol. The van der Waals surface area contributed by atoms with E-state index in [-0.39, 0.29) is 11.9 Å². The Morgan fingerprint density at radius 2 is 0.886 bits per heavy atom. The molecule has 4 rings (SSSR count). The van der Waals surface area contributed by atoms with Crippen LogP contribution in [0.4, 0.5) is 11.9 Å². The van der Waals surface area contributed by atoms with Gasteiger partial charge in [0.15, 0.2) is 21.6 Å². The summed E-state index contributed by atoms with van der Waals surface area (Å²) in [5.74, 6) is 12.8. The average molecular weight is 638 g/mol. The number of fused-ring (bicyclic) bond motifs is 2. The minimum Gasteiger partial charge on any atom is -0.368 e. The molecule has 0 aliphatic rings. The molecule has 12 heteroatoms. The lowest BCUT2D eigenvalue weighted by Gasteiger charge is -2.04. The second kappa shape index (κ2) is 18.3. The highest BCUT2D eigenvalue weighted by Gasteiger charge is 2.11. The van der Waals surface area contributed by atoms with E-state index in [4.69, 9.17) is 34.7 Å². The van der Waals surface area contributed by atoms with Crippen LogP contribution in [0.15, 0.2) is 12.7 Å². The number of imidazole rings is 2. The van der Waals surface area contributed by atoms with Crippen LogP contribution in [0.3, 0.4) is 0 Å². The molecule has 0 aliphatic heterocycles. The zero-order valence-corrected chi connectivity index (χ0v) is 26.9. The van der Waals surface area contributed by atoms with Gasteiger partial charge in [-0.15, -0.1) is 0 Å². The monoisotopic (exact) mass is 636 g/mol. The highest BCUT2D eigenvalue weighted by Crippen LogP contribution is 2.21. The Kier molecular flexibility index (Phi) is 13.8. The molecule has 0 radical (unpaired) electrons. The van der Waals surface area contributed by atoms with Gasteiger partial charge in [0.25, 0.3) is 0 Å². The number of nitrogens with zero attached hydrogens (tertiary/aromatic N) is 8. The van der Waals surface area contributed by atoms with Crippen LogP contribution in [0.1, 0.15) is 103 Å². The molecule has 4 aromatic heterocycles. The van der Waals surface area contributed by atoms with Gasteiger partial charge in [0.1, 0.15) is 11.0 Å². The van der Waals surface area contributed by atoms with Crippen LogP contribution < -0.4 is 11.5 Å². The smallest absolute Gasteiger partial charge is 0.223 e. The minimum atomic E-state index is 0.180. The first-order valence-corrected chi connectivity index (χ1v) is 16.5. The fourth-order valence-electron chi connectivity index (χ4n) is 5.15. The number of nitrogens with two attached hydrogens (primary N) is 2. The minimum absolute atomic E-state index is 0.180. The maximum absolute atomic E-state index is 6.09. The normalized spacial score (nSPS) is 11.0. The number of nitrogen functional groups attached to an aromatic ring is 2. The van der Waals surface area contributed by atoms with Crippen LogP contribution in [0, 0.1) is 23.7 Å². The number of aromatic nitrogens is 8. The quantitative estimate of drug-likeness (QED) is 0.0654. The number of anilines is 2. The Hall–Kier alpha value is -3.60. The van der Waals surface area contributed by atoms with Gasteiger partial charge >= 0.3 is 0 Å². The van der Waals surface area contributed by atoms with E-state index in [0.717, 1.165) is 51.6 Å². The van der Waals surface area contributed by atoms with Gasteiger partial charge in [0, 0.05) is 25.9 Å². The lowest BCUT2D eigenvalue weighted by Crippen LogP contribution is -2.01. The van der Waals surface area contributed by atoms with Crippen molar-refractivity contribution in [3.05, 3.63) is 23.0 Å². The predicted molar refractivity (Wildman–Crippen MR) is 179 cm³/mol. The summed E-state index contributed by atoms with van der Waals surface area (Å²) in [6.45, 7) is 1.72. The SMILES string of the molecule is Nc1nc(Cl)c2ncn(CCCCCCCCCC#CC#CCCCCCCCCCn3cnc4c(Cl)nc(N)nc43)c2n1. The van der Waals surface area contributed by atoms with Crippen molar-refractivity contribution in [2.24, 2.45) is 0 Å². The Labute approximate surface area is 269 Å². The summed E-state index contributed by atoms with van der Waals surface area (Å²) >= 11 is 12.2. The number of rotatable bonds is 18. The lowest BCUT2D eigenvalue weighted by atomic mass is 10.1. The van der Waals surface area contributed by atoms with Gasteiger partial charge in [-0.05, 0) is 37.5 Å². The molecule has 0 atom stereocenters. The Balaban J connectivity index is 0.916. The molecule has 0 spiro atoms. The molecule has 0 saturated carbocycles. The summed E-state index contributed by atoms with van der Waals surface area (Å²) in [6, 6.07) is 0. The summed E-state index contributed by atoms with van der Waals surface area (Å²) in [4.78, 5) is 25.0. The third kappa shape index (κ3) is 10.5. The summed E-state index contributed by atoms with van der Waals surface area (Å²) in [5.41, 5.74) is 14.1. The fraction of sp³-hybridized carbons (Fsp3) is 0.562. The molecule has 0 unspecified atom stereocenters. The standard InChI is InChI=1S/C32H42Cl2N10/c33-27-25-29(41-31(35)39-27)43(23-37-25)21-19-17-15-13-11-9-7-5-3-1-2-4-6-8-10-12-14-16-18-20-22-44-24-38-26-28(34)40-32(36)42-30(26)44/h23-24H,5-22H2,(H2,35,39,41)(H2,36,40,42). The third-order valence-corrected chi connectivity index (χ3v) is 8.05. The molecule has 0 aliphatic carbocycles. The molecule has 0 aromatic carbocycles. The second-order valence-corrected chi connectivity index (χ2v) is 11.7. The van der Waals surface area contributed by atoms with Gasteiger partial charge < -0.3 is 20.6 Å². The van der Waals surface area contributed by atoms with Crippen molar-refractivity contribution in [1.29, 1.82) is 0 Å². The van der Waals surface area contributed by atoms with Crippen molar-refractivity contribution in [2.75, 3.05) is 11.5 Å². The zero-order chi connectivity index (χ0) is 31.0. The first-order chi connectivity index (χ1) is 21.5. The van der Waals surface area contributed by atoms with Gasteiger partial charge in [0.05, 0.1) is 12.7 Å². The van der Waals surface area contributed by atoms with E-state index in [9.17, 15) is 0 Å². The Morgan fingerprint density at radius 1 is 0.523 bits per heavy atom. The van der Waals surface area contributed by atoms with Gasteiger partial charge in [0.2, 0.25) is 11.9 Å². The van der Waals surface area contributed by atoms with Crippen LogP contribution in [-0.2, 0) is 13.1 Å². The van der Waals surface area contributed by atoms with E-state index in [1.807, 2.05) is 9.13 Å². The first-order valence-electron chi connectivity index (χ1n) is 15.8. The van der Waals surface area contributed by atoms with Gasteiger partial charge in [-0.3, -0.25) is 0 Å². The van der Waals surface area contributed by atoms with Crippen LogP contribution >= 0.6 is 23.2 Å². The molecule has 234 valence electrons. The van der Waals surface area contributed by atoms with Crippen molar-refractivity contribution in [3.8, 4) is 23.7 Å². The van der Waals surface area contributed by atoms with Gasteiger partial charge in [-0.25, -0.2) is 9.97 Å². The van der Waals surface area contributed by atoms with E-state index >= 15 is 0 Å². The predicted octanol–water partition coefficient (Wildman–Crippen LogP) is 7.39. The number of hydrogen-bond acceptors (Lipinski definition) is 8. The van der Waals surface area contributed by atoms with Gasteiger partial charge in [-0.2, -0.15) is 19.9 Å². The van der Waals surface area contributed by atoms with E-state index in [1.54, 1.807) is 12.7 Å². The molecule has 4 heterocycles. The molecule has 4 aromatic rings. The molecule has 0 bridgehead atoms. The highest BCUT2D eigenvalue weighted by molar-refractivity contribution is 6.34. The van der Waals surface area contributed by atoms with Crippen LogP contribution in [-0.4, -0.2) is 39.0 Å². The maximum Gasteiger partial charge on any atom is 0.223 e. The molecule has 44 heavy (non-hydrogen) atoms. The molecule has 10 nitrogen and oxygen atoms in total. The van der Waals surface area contributed by atoms with Crippen molar-refractivity contribution >= 4 is 57.4 Å². The van der Waals surface area contributed by atoms with Crippen molar-refractivity contribution in [2.45, 2.75) is 116 Å². The van der Waals surface area contributed by atoms with E-state index < -0.39 is 0 Å². The molecule has 0 amide bonds. The van der Waals surface area contributed by atoms with Crippen LogP contribution in [0.5, 0.6) is 0 Å². The summed E-state index contributed by atoms with van der Waals surface area (Å²) in [6.07, 6.45) is 22.1. The molecule has 0 fully saturated rings. The van der Waals surface area contributed by atoms with Crippen molar-refractivity contribution in [1.82, 2.24) is 39.0 Å². The maximum atomic E-state index is 6.09. The number of aryl methyl sites for hydroxylation is 2. The lowest BCUT2D eigenvalue weighted by molar-refractivity contribution is 0.550. The summed E-state index contributed by atoms with van der Waals surface area (Å²) in [5, 5.41) is 0.613. The molecule has 0 saturated heterocycles. The van der Waals surface area contributed by atoms with Crippen LogP contribution in [0.2, 0.25) is 10.3 Å². The topological polar surface area (TPSA) is 139 Å². The molecular formula is C32H42Cl2N10. The van der Waals surface area contributed by atoms with Crippen LogP contribution in [0.25, 0.3) is 22.3 Å². The fourth-order valence-corrected chi connectivity index (χ4v) is 5.59. The first kappa shape index (κ1) is 33.3. The number of halogens is 2. The number of hydrogen-bond donors (Lipinski definition) is 2. The highest BCUT2D eigenvalue weighted by atomic mass is 35.5. The summed E-state index contributed by atoms with van der Waals surface area (Å²) in [7, 11) is 0. The average Bonchev–Trinajstić information content (AvgIpc) is 3.60. The zero-order valence-electron chi connectivity index (χ0n) is 25.4. The van der Waals surface area contributed by atoms with Gasteiger partial charge in [-0.1, -0.05) is 99.3 Å². The Morgan fingerprint density at radius 3 is 1.30 bits per heavy atom.